The second kappa shape index (κ2) is 4.59. The lowest BCUT2D eigenvalue weighted by Gasteiger charge is -2.32. The van der Waals surface area contributed by atoms with Gasteiger partial charge < -0.3 is 20.3 Å². The lowest BCUT2D eigenvalue weighted by atomic mass is 9.86. The summed E-state index contributed by atoms with van der Waals surface area (Å²) in [5.74, 6) is -1.33. The SMILES string of the molecule is CO[C@@]12Oc3cc(C(C)C)ccc3[C@]1(O)C(=O)c1c(N)cccc12. The van der Waals surface area contributed by atoms with Gasteiger partial charge in [0.15, 0.2) is 0 Å². The highest BCUT2D eigenvalue weighted by Gasteiger charge is 2.72. The van der Waals surface area contributed by atoms with E-state index in [1.165, 1.54) is 7.11 Å². The molecule has 0 amide bonds. The van der Waals surface area contributed by atoms with Crippen LogP contribution < -0.4 is 10.5 Å². The molecule has 0 bridgehead atoms. The van der Waals surface area contributed by atoms with Gasteiger partial charge in [-0.3, -0.25) is 4.79 Å². The summed E-state index contributed by atoms with van der Waals surface area (Å²) in [5.41, 5.74) is 6.54. The van der Waals surface area contributed by atoms with Gasteiger partial charge in [0, 0.05) is 23.9 Å². The first-order chi connectivity index (χ1) is 11.4. The van der Waals surface area contributed by atoms with Crippen LogP contribution in [0.2, 0.25) is 0 Å². The molecule has 2 aromatic rings. The van der Waals surface area contributed by atoms with Crippen molar-refractivity contribution in [3.05, 3.63) is 58.7 Å². The van der Waals surface area contributed by atoms with Gasteiger partial charge in [-0.1, -0.05) is 38.1 Å². The molecule has 0 spiro atoms. The molecule has 1 aliphatic heterocycles. The van der Waals surface area contributed by atoms with Gasteiger partial charge in [0.05, 0.1) is 5.56 Å². The number of rotatable bonds is 2. The number of nitrogen functional groups attached to an aromatic ring is 1. The van der Waals surface area contributed by atoms with Gasteiger partial charge in [-0.15, -0.1) is 0 Å². The fourth-order valence-corrected chi connectivity index (χ4v) is 3.79. The summed E-state index contributed by atoms with van der Waals surface area (Å²) in [7, 11) is 1.42. The van der Waals surface area contributed by atoms with E-state index in [0.29, 0.717) is 28.5 Å². The number of carbonyl (C=O) groups excluding carboxylic acids is 1. The van der Waals surface area contributed by atoms with Gasteiger partial charge in [0.2, 0.25) is 11.4 Å². The molecule has 0 saturated heterocycles. The van der Waals surface area contributed by atoms with E-state index in [2.05, 4.69) is 13.8 Å². The molecule has 1 heterocycles. The highest BCUT2D eigenvalue weighted by atomic mass is 16.7. The van der Waals surface area contributed by atoms with Crippen molar-refractivity contribution in [2.24, 2.45) is 0 Å². The minimum atomic E-state index is -1.94. The second-order valence-electron chi connectivity index (χ2n) is 6.64. The molecule has 2 atom stereocenters. The van der Waals surface area contributed by atoms with Crippen molar-refractivity contribution in [2.75, 3.05) is 12.8 Å². The van der Waals surface area contributed by atoms with Crippen molar-refractivity contribution in [2.45, 2.75) is 31.2 Å². The number of carbonyl (C=O) groups is 1. The van der Waals surface area contributed by atoms with E-state index in [1.807, 2.05) is 12.1 Å². The summed E-state index contributed by atoms with van der Waals surface area (Å²) in [6.45, 7) is 4.14. The van der Waals surface area contributed by atoms with E-state index >= 15 is 0 Å². The highest BCUT2D eigenvalue weighted by molar-refractivity contribution is 6.13. The first-order valence-corrected chi connectivity index (χ1v) is 7.91. The van der Waals surface area contributed by atoms with Gasteiger partial charge in [0.1, 0.15) is 5.75 Å². The molecular weight excluding hydrogens is 306 g/mol. The smallest absolute Gasteiger partial charge is 0.279 e. The molecule has 3 N–H and O–H groups in total. The van der Waals surface area contributed by atoms with Crippen molar-refractivity contribution in [1.82, 2.24) is 0 Å². The average molecular weight is 325 g/mol. The van der Waals surface area contributed by atoms with E-state index in [9.17, 15) is 9.90 Å². The van der Waals surface area contributed by atoms with Gasteiger partial charge in [-0.2, -0.15) is 0 Å². The highest BCUT2D eigenvalue weighted by Crippen LogP contribution is 2.60. The topological polar surface area (TPSA) is 81.8 Å². The number of fused-ring (bicyclic) bond motifs is 5. The molecule has 24 heavy (non-hydrogen) atoms. The van der Waals surface area contributed by atoms with Gasteiger partial charge in [-0.05, 0) is 23.6 Å². The van der Waals surface area contributed by atoms with Crippen molar-refractivity contribution in [1.29, 1.82) is 0 Å². The molecule has 0 fully saturated rings. The maximum atomic E-state index is 13.1. The molecule has 0 unspecified atom stereocenters. The first-order valence-electron chi connectivity index (χ1n) is 7.91. The number of aliphatic hydroxyl groups is 1. The standard InChI is InChI=1S/C19H19NO4/c1-10(2)11-7-8-12-15(9-11)24-19(23-3)13-5-4-6-14(20)16(13)17(21)18(12,19)22/h4-10,22H,20H2,1-3H3/t18-,19-/m0/s1. The summed E-state index contributed by atoms with van der Waals surface area (Å²) in [6.07, 6.45) is 0. The number of anilines is 1. The van der Waals surface area contributed by atoms with Crippen LogP contribution in [-0.2, 0) is 16.1 Å². The largest absolute Gasteiger partial charge is 0.453 e. The number of nitrogens with two attached hydrogens (primary N) is 1. The van der Waals surface area contributed by atoms with Crippen LogP contribution in [0.25, 0.3) is 0 Å². The number of Topliss-reactive ketones (excluding diaryl/α,β-unsaturated/α-hetero) is 1. The zero-order valence-electron chi connectivity index (χ0n) is 13.8. The number of hydrogen-bond acceptors (Lipinski definition) is 5. The summed E-state index contributed by atoms with van der Waals surface area (Å²) in [6, 6.07) is 10.6. The number of hydrogen-bond donors (Lipinski definition) is 2. The third kappa shape index (κ3) is 1.49. The summed E-state index contributed by atoms with van der Waals surface area (Å²) in [5, 5.41) is 11.4. The van der Waals surface area contributed by atoms with Gasteiger partial charge >= 0.3 is 0 Å². The van der Waals surface area contributed by atoms with Crippen LogP contribution in [0, 0.1) is 0 Å². The number of methoxy groups -OCH3 is 1. The van der Waals surface area contributed by atoms with Crippen LogP contribution in [0.5, 0.6) is 5.75 Å². The Morgan fingerprint density at radius 2 is 1.96 bits per heavy atom. The fourth-order valence-electron chi connectivity index (χ4n) is 3.79. The van der Waals surface area contributed by atoms with Crippen LogP contribution in [0.3, 0.4) is 0 Å². The Hall–Kier alpha value is -2.37. The van der Waals surface area contributed by atoms with E-state index in [1.54, 1.807) is 24.3 Å². The Balaban J connectivity index is 2.01. The Morgan fingerprint density at radius 3 is 2.62 bits per heavy atom. The predicted octanol–water partition coefficient (Wildman–Crippen LogP) is 2.67. The molecule has 0 saturated carbocycles. The molecule has 0 radical (unpaired) electrons. The minimum Gasteiger partial charge on any atom is -0.453 e. The molecule has 5 nitrogen and oxygen atoms in total. The van der Waals surface area contributed by atoms with Crippen LogP contribution >= 0.6 is 0 Å². The molecule has 1 aliphatic carbocycles. The lowest BCUT2D eigenvalue weighted by molar-refractivity contribution is -0.242. The average Bonchev–Trinajstić information content (AvgIpc) is 2.93. The van der Waals surface area contributed by atoms with E-state index in [0.717, 1.165) is 5.56 Å². The molecule has 124 valence electrons. The summed E-state index contributed by atoms with van der Waals surface area (Å²) in [4.78, 5) is 13.1. The molecule has 2 aromatic carbocycles. The monoisotopic (exact) mass is 325 g/mol. The van der Waals surface area contributed by atoms with Gasteiger partial charge in [-0.25, -0.2) is 0 Å². The van der Waals surface area contributed by atoms with Crippen molar-refractivity contribution in [3.8, 4) is 5.75 Å². The number of benzene rings is 2. The van der Waals surface area contributed by atoms with Crippen molar-refractivity contribution >= 4 is 11.5 Å². The Bertz CT molecular complexity index is 876. The fraction of sp³-hybridized carbons (Fsp3) is 0.316. The summed E-state index contributed by atoms with van der Waals surface area (Å²) < 4.78 is 11.7. The molecule has 0 aromatic heterocycles. The maximum absolute atomic E-state index is 13.1. The van der Waals surface area contributed by atoms with Crippen LogP contribution in [0.15, 0.2) is 36.4 Å². The third-order valence-corrected chi connectivity index (χ3v) is 5.09. The number of ether oxygens (including phenoxy) is 2. The normalized spacial score (nSPS) is 27.0. The van der Waals surface area contributed by atoms with Crippen molar-refractivity contribution in [3.63, 3.8) is 0 Å². The summed E-state index contributed by atoms with van der Waals surface area (Å²) >= 11 is 0. The number of ketones is 1. The zero-order valence-corrected chi connectivity index (χ0v) is 13.8. The quantitative estimate of drug-likeness (QED) is 0.830. The van der Waals surface area contributed by atoms with Crippen molar-refractivity contribution < 1.29 is 19.4 Å². The van der Waals surface area contributed by atoms with E-state index in [-0.39, 0.29) is 5.56 Å². The lowest BCUT2D eigenvalue weighted by Crippen LogP contribution is -2.50. The molecule has 4 rings (SSSR count). The Kier molecular flexibility index (Phi) is 2.90. The predicted molar refractivity (Wildman–Crippen MR) is 88.9 cm³/mol. The van der Waals surface area contributed by atoms with Crippen LogP contribution in [0.1, 0.15) is 46.8 Å². The minimum absolute atomic E-state index is 0.264. The first kappa shape index (κ1) is 15.2. The Labute approximate surface area is 140 Å². The maximum Gasteiger partial charge on any atom is 0.279 e. The zero-order chi connectivity index (χ0) is 17.3. The van der Waals surface area contributed by atoms with Crippen LogP contribution in [-0.4, -0.2) is 18.0 Å². The molecule has 2 aliphatic rings. The Morgan fingerprint density at radius 1 is 1.21 bits per heavy atom. The molecule has 5 heteroatoms. The van der Waals surface area contributed by atoms with E-state index < -0.39 is 17.2 Å². The third-order valence-electron chi connectivity index (χ3n) is 5.09. The second-order valence-corrected chi connectivity index (χ2v) is 6.64. The van der Waals surface area contributed by atoms with Crippen LogP contribution in [0.4, 0.5) is 5.69 Å². The van der Waals surface area contributed by atoms with Gasteiger partial charge in [0.25, 0.3) is 5.79 Å². The van der Waals surface area contributed by atoms with E-state index in [4.69, 9.17) is 15.2 Å². The molecular formula is C19H19NO4.